The molecule has 1 aliphatic carbocycles. The van der Waals surface area contributed by atoms with Gasteiger partial charge in [-0.1, -0.05) is 11.6 Å². The maximum absolute atomic E-state index is 6.23. The highest BCUT2D eigenvalue weighted by atomic mass is 79.9. The molecule has 3 rings (SSSR count). The highest BCUT2D eigenvalue weighted by Crippen LogP contribution is 2.44. The van der Waals surface area contributed by atoms with Gasteiger partial charge in [-0.2, -0.15) is 5.10 Å². The summed E-state index contributed by atoms with van der Waals surface area (Å²) < 4.78 is 2.68. The molecule has 0 N–H and O–H groups in total. The van der Waals surface area contributed by atoms with Crippen LogP contribution in [0.2, 0.25) is 5.15 Å². The van der Waals surface area contributed by atoms with Crippen LogP contribution in [0, 0.1) is 13.8 Å². The predicted octanol–water partition coefficient (Wildman–Crippen LogP) is 3.79. The number of aryl methyl sites for hydroxylation is 2. The summed E-state index contributed by atoms with van der Waals surface area (Å²) in [6, 6.07) is 0. The second-order valence-electron chi connectivity index (χ2n) is 4.98. The van der Waals surface area contributed by atoms with Crippen molar-refractivity contribution in [2.24, 2.45) is 7.05 Å². The summed E-state index contributed by atoms with van der Waals surface area (Å²) >= 11 is 9.72. The minimum Gasteiger partial charge on any atom is -0.272 e. The van der Waals surface area contributed by atoms with E-state index >= 15 is 0 Å². The van der Waals surface area contributed by atoms with Crippen molar-refractivity contribution in [2.75, 3.05) is 0 Å². The molecule has 0 unspecified atom stereocenters. The molecule has 0 saturated heterocycles. The Morgan fingerprint density at radius 3 is 2.47 bits per heavy atom. The van der Waals surface area contributed by atoms with Gasteiger partial charge < -0.3 is 0 Å². The Balaban J connectivity index is 2.20. The average molecular weight is 342 g/mol. The minimum absolute atomic E-state index is 0.481. The SMILES string of the molecule is Cc1nn(C)c(C)c1-c1nc(Cl)c(Br)c(C2CC2)n1. The van der Waals surface area contributed by atoms with Gasteiger partial charge in [0.05, 0.1) is 21.4 Å². The zero-order chi connectivity index (χ0) is 13.7. The van der Waals surface area contributed by atoms with Crippen molar-refractivity contribution in [3.05, 3.63) is 26.7 Å². The van der Waals surface area contributed by atoms with Crippen molar-refractivity contribution in [1.29, 1.82) is 0 Å². The van der Waals surface area contributed by atoms with Gasteiger partial charge in [0.2, 0.25) is 0 Å². The van der Waals surface area contributed by atoms with Crippen LogP contribution in [-0.4, -0.2) is 19.7 Å². The molecule has 0 atom stereocenters. The highest BCUT2D eigenvalue weighted by Gasteiger charge is 2.30. The van der Waals surface area contributed by atoms with Gasteiger partial charge in [-0.25, -0.2) is 9.97 Å². The number of halogens is 2. The number of nitrogens with zero attached hydrogens (tertiary/aromatic N) is 4. The molecule has 1 fully saturated rings. The zero-order valence-corrected chi connectivity index (χ0v) is 13.4. The molecule has 19 heavy (non-hydrogen) atoms. The summed E-state index contributed by atoms with van der Waals surface area (Å²) in [5.41, 5.74) is 3.99. The lowest BCUT2D eigenvalue weighted by atomic mass is 10.1. The molecule has 0 amide bonds. The Morgan fingerprint density at radius 1 is 1.26 bits per heavy atom. The maximum Gasteiger partial charge on any atom is 0.164 e. The number of hydrogen-bond acceptors (Lipinski definition) is 3. The van der Waals surface area contributed by atoms with E-state index in [2.05, 4.69) is 26.0 Å². The molecular weight excluding hydrogens is 328 g/mol. The van der Waals surface area contributed by atoms with Crippen LogP contribution in [0.5, 0.6) is 0 Å². The van der Waals surface area contributed by atoms with Gasteiger partial charge >= 0.3 is 0 Å². The Bertz CT molecular complexity index is 661. The molecule has 6 heteroatoms. The van der Waals surface area contributed by atoms with Gasteiger partial charge in [0.25, 0.3) is 0 Å². The van der Waals surface area contributed by atoms with E-state index in [9.17, 15) is 0 Å². The lowest BCUT2D eigenvalue weighted by molar-refractivity contribution is 0.731. The van der Waals surface area contributed by atoms with Gasteiger partial charge in [-0.15, -0.1) is 0 Å². The van der Waals surface area contributed by atoms with E-state index in [0.29, 0.717) is 16.9 Å². The fourth-order valence-electron chi connectivity index (χ4n) is 2.27. The van der Waals surface area contributed by atoms with Crippen LogP contribution in [0.15, 0.2) is 4.47 Å². The summed E-state index contributed by atoms with van der Waals surface area (Å²) in [7, 11) is 1.92. The summed E-state index contributed by atoms with van der Waals surface area (Å²) in [5, 5.41) is 4.89. The molecule has 0 radical (unpaired) electrons. The van der Waals surface area contributed by atoms with Crippen LogP contribution in [0.3, 0.4) is 0 Å². The quantitative estimate of drug-likeness (QED) is 0.781. The van der Waals surface area contributed by atoms with Gasteiger partial charge in [0.15, 0.2) is 5.82 Å². The van der Waals surface area contributed by atoms with Crippen LogP contribution in [-0.2, 0) is 7.05 Å². The lowest BCUT2D eigenvalue weighted by Gasteiger charge is -2.07. The molecule has 1 saturated carbocycles. The first kappa shape index (κ1) is 13.1. The lowest BCUT2D eigenvalue weighted by Crippen LogP contribution is -1.99. The molecule has 2 aromatic rings. The molecule has 2 aromatic heterocycles. The van der Waals surface area contributed by atoms with Crippen molar-refractivity contribution >= 4 is 27.5 Å². The van der Waals surface area contributed by atoms with Gasteiger partial charge in [0, 0.05) is 18.7 Å². The second kappa shape index (κ2) is 4.56. The Morgan fingerprint density at radius 2 is 1.95 bits per heavy atom. The predicted molar refractivity (Wildman–Crippen MR) is 78.4 cm³/mol. The van der Waals surface area contributed by atoms with Crippen LogP contribution >= 0.6 is 27.5 Å². The zero-order valence-electron chi connectivity index (χ0n) is 11.0. The first-order valence-electron chi connectivity index (χ1n) is 6.22. The monoisotopic (exact) mass is 340 g/mol. The standard InChI is InChI=1S/C13H14BrClN4/c1-6-9(7(2)19(3)18-6)13-16-11(8-4-5-8)10(14)12(15)17-13/h8H,4-5H2,1-3H3. The third-order valence-electron chi connectivity index (χ3n) is 3.53. The van der Waals surface area contributed by atoms with E-state index in [1.165, 1.54) is 12.8 Å². The van der Waals surface area contributed by atoms with E-state index in [1.807, 2.05) is 25.6 Å². The van der Waals surface area contributed by atoms with Crippen LogP contribution in [0.25, 0.3) is 11.4 Å². The fraction of sp³-hybridized carbons (Fsp3) is 0.462. The Hall–Kier alpha value is -0.940. The van der Waals surface area contributed by atoms with E-state index in [1.54, 1.807) is 0 Å². The van der Waals surface area contributed by atoms with Gasteiger partial charge in [-0.05, 0) is 42.6 Å². The highest BCUT2D eigenvalue weighted by molar-refractivity contribution is 9.10. The Labute approximate surface area is 125 Å². The molecule has 0 spiro atoms. The third kappa shape index (κ3) is 2.19. The summed E-state index contributed by atoms with van der Waals surface area (Å²) in [6.45, 7) is 3.99. The van der Waals surface area contributed by atoms with Crippen molar-refractivity contribution in [1.82, 2.24) is 19.7 Å². The smallest absolute Gasteiger partial charge is 0.164 e. The van der Waals surface area contributed by atoms with E-state index in [4.69, 9.17) is 16.6 Å². The van der Waals surface area contributed by atoms with Gasteiger partial charge in [0.1, 0.15) is 5.15 Å². The molecular formula is C13H14BrClN4. The number of hydrogen-bond donors (Lipinski definition) is 0. The molecule has 4 nitrogen and oxygen atoms in total. The third-order valence-corrected chi connectivity index (χ3v) is 4.82. The molecule has 0 aromatic carbocycles. The normalized spacial score (nSPS) is 15.0. The van der Waals surface area contributed by atoms with Gasteiger partial charge in [-0.3, -0.25) is 4.68 Å². The van der Waals surface area contributed by atoms with Crippen LogP contribution in [0.4, 0.5) is 0 Å². The van der Waals surface area contributed by atoms with Crippen molar-refractivity contribution < 1.29 is 0 Å². The van der Waals surface area contributed by atoms with E-state index in [0.717, 1.165) is 27.1 Å². The topological polar surface area (TPSA) is 43.6 Å². The Kier molecular flexibility index (Phi) is 3.14. The average Bonchev–Trinajstić information content (AvgIpc) is 3.13. The first-order chi connectivity index (χ1) is 8.99. The fourth-order valence-corrected chi connectivity index (χ4v) is 2.95. The minimum atomic E-state index is 0.481. The van der Waals surface area contributed by atoms with Crippen molar-refractivity contribution in [3.8, 4) is 11.4 Å². The van der Waals surface area contributed by atoms with Crippen molar-refractivity contribution in [2.45, 2.75) is 32.6 Å². The summed E-state index contributed by atoms with van der Waals surface area (Å²) in [6.07, 6.45) is 2.35. The van der Waals surface area contributed by atoms with E-state index < -0.39 is 0 Å². The maximum atomic E-state index is 6.23. The molecule has 0 aliphatic heterocycles. The number of rotatable bonds is 2. The summed E-state index contributed by atoms with van der Waals surface area (Å²) in [4.78, 5) is 9.11. The second-order valence-corrected chi connectivity index (χ2v) is 6.13. The largest absolute Gasteiger partial charge is 0.272 e. The first-order valence-corrected chi connectivity index (χ1v) is 7.39. The van der Waals surface area contributed by atoms with Crippen LogP contribution < -0.4 is 0 Å². The molecule has 100 valence electrons. The summed E-state index contributed by atoms with van der Waals surface area (Å²) in [5.74, 6) is 1.20. The van der Waals surface area contributed by atoms with Crippen molar-refractivity contribution in [3.63, 3.8) is 0 Å². The molecule has 2 heterocycles. The number of aromatic nitrogens is 4. The molecule has 1 aliphatic rings. The van der Waals surface area contributed by atoms with Crippen LogP contribution in [0.1, 0.15) is 35.8 Å². The van der Waals surface area contributed by atoms with E-state index in [-0.39, 0.29) is 0 Å². The molecule has 0 bridgehead atoms.